The van der Waals surface area contributed by atoms with Gasteiger partial charge in [0.05, 0.1) is 5.02 Å². The number of rotatable bonds is 4. The molecule has 0 amide bonds. The molecule has 1 aromatic heterocycles. The van der Waals surface area contributed by atoms with Gasteiger partial charge >= 0.3 is 0 Å². The lowest BCUT2D eigenvalue weighted by Gasteiger charge is -2.36. The van der Waals surface area contributed by atoms with E-state index in [0.29, 0.717) is 37.0 Å². The van der Waals surface area contributed by atoms with E-state index in [2.05, 4.69) is 31.7 Å². The van der Waals surface area contributed by atoms with Crippen LogP contribution in [0, 0.1) is 6.92 Å². The van der Waals surface area contributed by atoms with Gasteiger partial charge in [-0.15, -0.1) is 0 Å². The Kier molecular flexibility index (Phi) is 6.60. The average Bonchev–Trinajstić information content (AvgIpc) is 2.75. The van der Waals surface area contributed by atoms with Gasteiger partial charge in [-0.2, -0.15) is 4.31 Å². The fourth-order valence-corrected chi connectivity index (χ4v) is 6.03. The molecule has 0 atom stereocenters. The molecule has 168 valence electrons. The molecule has 1 aromatic carbocycles. The van der Waals surface area contributed by atoms with Gasteiger partial charge in [0, 0.05) is 63.4 Å². The highest BCUT2D eigenvalue weighted by molar-refractivity contribution is 7.89. The first-order valence-electron chi connectivity index (χ1n) is 10.2. The molecule has 2 fully saturated rings. The number of hydrogen-bond acceptors (Lipinski definition) is 7. The van der Waals surface area contributed by atoms with Gasteiger partial charge in [-0.3, -0.25) is 0 Å². The number of halogens is 2. The van der Waals surface area contributed by atoms with Crippen LogP contribution in [0.4, 0.5) is 11.6 Å². The first kappa shape index (κ1) is 22.5. The molecule has 2 aromatic rings. The van der Waals surface area contributed by atoms with E-state index < -0.39 is 10.0 Å². The van der Waals surface area contributed by atoms with Crippen LogP contribution in [0.5, 0.6) is 0 Å². The third-order valence-electron chi connectivity index (χ3n) is 5.71. The van der Waals surface area contributed by atoms with Crippen molar-refractivity contribution in [1.29, 1.82) is 0 Å². The molecule has 0 saturated carbocycles. The van der Waals surface area contributed by atoms with Crippen LogP contribution in [0.25, 0.3) is 0 Å². The number of sulfonamides is 1. The van der Waals surface area contributed by atoms with E-state index in [1.807, 2.05) is 13.0 Å². The summed E-state index contributed by atoms with van der Waals surface area (Å²) in [6.07, 6.45) is 0. The number of benzene rings is 1. The van der Waals surface area contributed by atoms with Gasteiger partial charge < -0.3 is 14.7 Å². The summed E-state index contributed by atoms with van der Waals surface area (Å²) in [4.78, 5) is 16.0. The second kappa shape index (κ2) is 9.07. The monoisotopic (exact) mass is 484 g/mol. The third-order valence-corrected chi connectivity index (χ3v) is 8.33. The summed E-state index contributed by atoms with van der Waals surface area (Å²) in [6, 6.07) is 6.50. The van der Waals surface area contributed by atoms with E-state index in [9.17, 15) is 8.42 Å². The van der Waals surface area contributed by atoms with E-state index in [1.54, 1.807) is 6.07 Å². The van der Waals surface area contributed by atoms with Crippen molar-refractivity contribution in [3.05, 3.63) is 40.1 Å². The molecule has 3 heterocycles. The Balaban J connectivity index is 1.48. The normalized spacial score (nSPS) is 19.1. The van der Waals surface area contributed by atoms with Crippen molar-refractivity contribution < 1.29 is 8.42 Å². The summed E-state index contributed by atoms with van der Waals surface area (Å²) in [5, 5.41) is 0.518. The summed E-state index contributed by atoms with van der Waals surface area (Å²) in [6.45, 7) is 7.52. The molecule has 31 heavy (non-hydrogen) atoms. The van der Waals surface area contributed by atoms with Crippen LogP contribution in [0.1, 0.15) is 5.82 Å². The van der Waals surface area contributed by atoms with Crippen molar-refractivity contribution in [1.82, 2.24) is 19.2 Å². The number of piperazine rings is 2. The highest BCUT2D eigenvalue weighted by Gasteiger charge is 2.31. The van der Waals surface area contributed by atoms with Gasteiger partial charge in [-0.1, -0.05) is 23.2 Å². The minimum absolute atomic E-state index is 0.0466. The summed E-state index contributed by atoms with van der Waals surface area (Å²) < 4.78 is 27.6. The van der Waals surface area contributed by atoms with Crippen molar-refractivity contribution in [3.8, 4) is 0 Å². The minimum atomic E-state index is -3.71. The van der Waals surface area contributed by atoms with E-state index in [4.69, 9.17) is 23.2 Å². The highest BCUT2D eigenvalue weighted by atomic mass is 35.5. The van der Waals surface area contributed by atoms with Crippen molar-refractivity contribution in [3.63, 3.8) is 0 Å². The van der Waals surface area contributed by atoms with Crippen LogP contribution >= 0.6 is 23.2 Å². The Labute approximate surface area is 193 Å². The zero-order valence-corrected chi connectivity index (χ0v) is 20.0. The molecule has 0 unspecified atom stereocenters. The zero-order valence-electron chi connectivity index (χ0n) is 17.6. The smallest absolute Gasteiger partial charge is 0.244 e. The molecule has 0 bridgehead atoms. The maximum atomic E-state index is 13.1. The molecule has 2 aliphatic heterocycles. The Bertz CT molecular complexity index is 1050. The zero-order chi connectivity index (χ0) is 22.2. The Hall–Kier alpha value is -1.65. The Morgan fingerprint density at radius 2 is 1.39 bits per heavy atom. The lowest BCUT2D eigenvalue weighted by Crippen LogP contribution is -2.49. The molecule has 2 aliphatic rings. The average molecular weight is 485 g/mol. The number of nitrogens with zero attached hydrogens (tertiary/aromatic N) is 6. The lowest BCUT2D eigenvalue weighted by molar-refractivity contribution is 0.312. The number of aryl methyl sites for hydroxylation is 1. The predicted octanol–water partition coefficient (Wildman–Crippen LogP) is 2.35. The summed E-state index contributed by atoms with van der Waals surface area (Å²) in [5.74, 6) is 2.47. The molecule has 4 rings (SSSR count). The van der Waals surface area contributed by atoms with Crippen LogP contribution in [0.3, 0.4) is 0 Å². The van der Waals surface area contributed by atoms with Gasteiger partial charge in [-0.05, 0) is 32.2 Å². The van der Waals surface area contributed by atoms with E-state index >= 15 is 0 Å². The van der Waals surface area contributed by atoms with Crippen molar-refractivity contribution in [2.24, 2.45) is 0 Å². The van der Waals surface area contributed by atoms with E-state index in [0.717, 1.165) is 37.8 Å². The summed E-state index contributed by atoms with van der Waals surface area (Å²) in [7, 11) is -1.59. The first-order chi connectivity index (χ1) is 14.7. The predicted molar refractivity (Wildman–Crippen MR) is 124 cm³/mol. The standard InChI is InChI=1S/C20H26Cl2N6O2S/c1-15-23-19(26-7-5-25(2)6-8-26)14-20(24-15)27-9-11-28(12-10-27)31(29,30)18-13-16(21)3-4-17(18)22/h3-4,13-14H,5-12H2,1-2H3. The topological polar surface area (TPSA) is 72.9 Å². The van der Waals surface area contributed by atoms with E-state index in [1.165, 1.54) is 16.4 Å². The Morgan fingerprint density at radius 1 is 0.839 bits per heavy atom. The molecular formula is C20H26Cl2N6O2S. The number of anilines is 2. The van der Waals surface area contributed by atoms with Gasteiger partial charge in [0.15, 0.2) is 0 Å². The fourth-order valence-electron chi connectivity index (χ4n) is 3.87. The molecule has 8 nitrogen and oxygen atoms in total. The van der Waals surface area contributed by atoms with Crippen LogP contribution in [-0.4, -0.2) is 87.0 Å². The summed E-state index contributed by atoms with van der Waals surface area (Å²) >= 11 is 12.1. The molecule has 2 saturated heterocycles. The van der Waals surface area contributed by atoms with E-state index in [-0.39, 0.29) is 9.92 Å². The maximum Gasteiger partial charge on any atom is 0.244 e. The number of hydrogen-bond donors (Lipinski definition) is 0. The van der Waals surface area contributed by atoms with Gasteiger partial charge in [0.25, 0.3) is 0 Å². The van der Waals surface area contributed by atoms with Crippen LogP contribution in [0.2, 0.25) is 10.0 Å². The molecule has 0 N–H and O–H groups in total. The second-order valence-electron chi connectivity index (χ2n) is 7.89. The molecule has 0 radical (unpaired) electrons. The largest absolute Gasteiger partial charge is 0.354 e. The SMILES string of the molecule is Cc1nc(N2CCN(C)CC2)cc(N2CCN(S(=O)(=O)c3cc(Cl)ccc3Cl)CC2)n1. The lowest BCUT2D eigenvalue weighted by atomic mass is 10.3. The highest BCUT2D eigenvalue weighted by Crippen LogP contribution is 2.29. The molecule has 11 heteroatoms. The van der Waals surface area contributed by atoms with Crippen LogP contribution < -0.4 is 9.80 Å². The number of aromatic nitrogens is 2. The van der Waals surface area contributed by atoms with Crippen molar-refractivity contribution >= 4 is 44.9 Å². The molecule has 0 spiro atoms. The van der Waals surface area contributed by atoms with Crippen LogP contribution in [-0.2, 0) is 10.0 Å². The van der Waals surface area contributed by atoms with Gasteiger partial charge in [0.1, 0.15) is 22.4 Å². The number of likely N-dealkylation sites (N-methyl/N-ethyl adjacent to an activating group) is 1. The summed E-state index contributed by atoms with van der Waals surface area (Å²) in [5.41, 5.74) is 0. The first-order valence-corrected chi connectivity index (χ1v) is 12.4. The quantitative estimate of drug-likeness (QED) is 0.659. The van der Waals surface area contributed by atoms with Crippen LogP contribution in [0.15, 0.2) is 29.2 Å². The second-order valence-corrected chi connectivity index (χ2v) is 10.6. The van der Waals surface area contributed by atoms with Gasteiger partial charge in [-0.25, -0.2) is 18.4 Å². The van der Waals surface area contributed by atoms with Gasteiger partial charge in [0.2, 0.25) is 10.0 Å². The Morgan fingerprint density at radius 3 is 1.97 bits per heavy atom. The van der Waals surface area contributed by atoms with Crippen molar-refractivity contribution in [2.45, 2.75) is 11.8 Å². The van der Waals surface area contributed by atoms with Crippen molar-refractivity contribution in [2.75, 3.05) is 69.2 Å². The maximum absolute atomic E-state index is 13.1. The molecular weight excluding hydrogens is 459 g/mol. The third kappa shape index (κ3) is 4.90. The molecule has 0 aliphatic carbocycles. The minimum Gasteiger partial charge on any atom is -0.354 e. The fraction of sp³-hybridized carbons (Fsp3) is 0.500.